The molecule has 3 heterocycles. The Balaban J connectivity index is 1.65. The number of aromatic nitrogens is 2. The minimum absolute atomic E-state index is 0.0302. The summed E-state index contributed by atoms with van der Waals surface area (Å²) in [4.78, 5) is 25.8. The van der Waals surface area contributed by atoms with Crippen molar-refractivity contribution in [2.24, 2.45) is 0 Å². The van der Waals surface area contributed by atoms with Gasteiger partial charge in [0, 0.05) is 44.0 Å². The van der Waals surface area contributed by atoms with Crippen molar-refractivity contribution in [3.05, 3.63) is 23.8 Å². The van der Waals surface area contributed by atoms with Crippen LogP contribution in [0.4, 0.5) is 0 Å². The van der Waals surface area contributed by atoms with E-state index in [9.17, 15) is 4.79 Å². The summed E-state index contributed by atoms with van der Waals surface area (Å²) in [6, 6.07) is 0.809. The lowest BCUT2D eigenvalue weighted by Crippen LogP contribution is -2.62. The number of morpholine rings is 1. The molecule has 0 aromatic carbocycles. The van der Waals surface area contributed by atoms with E-state index >= 15 is 0 Å². The highest BCUT2D eigenvalue weighted by Gasteiger charge is 2.36. The summed E-state index contributed by atoms with van der Waals surface area (Å²) in [5, 5.41) is 0. The van der Waals surface area contributed by atoms with E-state index in [1.165, 1.54) is 6.42 Å². The zero-order valence-corrected chi connectivity index (χ0v) is 14.9. The van der Waals surface area contributed by atoms with Gasteiger partial charge in [-0.1, -0.05) is 27.2 Å². The molecule has 2 saturated heterocycles. The number of ether oxygens (including phenoxy) is 1. The second-order valence-corrected chi connectivity index (χ2v) is 7.11. The van der Waals surface area contributed by atoms with Crippen molar-refractivity contribution in [2.45, 2.75) is 51.6 Å². The molecule has 1 amide bonds. The quantitative estimate of drug-likeness (QED) is 0.843. The Labute approximate surface area is 144 Å². The van der Waals surface area contributed by atoms with Crippen LogP contribution in [0.5, 0.6) is 0 Å². The van der Waals surface area contributed by atoms with Gasteiger partial charge in [0.15, 0.2) is 0 Å². The molecule has 0 saturated carbocycles. The normalized spacial score (nSPS) is 24.9. The Bertz CT molecular complexity index is 559. The van der Waals surface area contributed by atoms with Gasteiger partial charge < -0.3 is 9.64 Å². The number of hydrogen-bond donors (Lipinski definition) is 0. The number of nitrogens with zero attached hydrogens (tertiary/aromatic N) is 4. The van der Waals surface area contributed by atoms with E-state index in [0.29, 0.717) is 24.3 Å². The number of carbonyl (C=O) groups is 1. The van der Waals surface area contributed by atoms with E-state index in [-0.39, 0.29) is 11.8 Å². The van der Waals surface area contributed by atoms with Crippen molar-refractivity contribution in [1.82, 2.24) is 19.8 Å². The number of piperazine rings is 1. The van der Waals surface area contributed by atoms with E-state index < -0.39 is 0 Å². The minimum Gasteiger partial charge on any atom is -0.378 e. The number of amides is 1. The van der Waals surface area contributed by atoms with Gasteiger partial charge in [-0.3, -0.25) is 9.69 Å². The van der Waals surface area contributed by atoms with E-state index in [1.54, 1.807) is 12.4 Å². The highest BCUT2D eigenvalue weighted by Crippen LogP contribution is 2.22. The first kappa shape index (κ1) is 17.3. The van der Waals surface area contributed by atoms with E-state index in [0.717, 1.165) is 38.5 Å². The molecule has 2 aliphatic rings. The van der Waals surface area contributed by atoms with Crippen LogP contribution in [0.1, 0.15) is 55.7 Å². The standard InChI is InChI=1S/C18H28N4O2/c1-4-5-15-11-24-12-16-10-21(6-7-22(15)16)18(23)14-8-19-17(13(2)3)20-9-14/h8-9,13,15-16H,4-7,10-12H2,1-3H3/t15-,16+/m0/s1. The lowest BCUT2D eigenvalue weighted by Gasteiger charge is -2.48. The summed E-state index contributed by atoms with van der Waals surface area (Å²) in [5.74, 6) is 1.08. The number of carbonyl (C=O) groups excluding carboxylic acids is 1. The van der Waals surface area contributed by atoms with Crippen LogP contribution in [0.3, 0.4) is 0 Å². The van der Waals surface area contributed by atoms with Crippen LogP contribution in [0.15, 0.2) is 12.4 Å². The summed E-state index contributed by atoms with van der Waals surface area (Å²) >= 11 is 0. The highest BCUT2D eigenvalue weighted by atomic mass is 16.5. The van der Waals surface area contributed by atoms with Gasteiger partial charge in [0.1, 0.15) is 5.82 Å². The summed E-state index contributed by atoms with van der Waals surface area (Å²) in [6.07, 6.45) is 5.65. The van der Waals surface area contributed by atoms with Crippen LogP contribution in [0, 0.1) is 0 Å². The van der Waals surface area contributed by atoms with Crippen LogP contribution >= 0.6 is 0 Å². The molecular formula is C18H28N4O2. The van der Waals surface area contributed by atoms with Crippen LogP contribution in [-0.2, 0) is 4.74 Å². The Morgan fingerprint density at radius 3 is 2.71 bits per heavy atom. The Kier molecular flexibility index (Phi) is 5.46. The molecule has 132 valence electrons. The van der Waals surface area contributed by atoms with Crippen LogP contribution in [0.25, 0.3) is 0 Å². The van der Waals surface area contributed by atoms with E-state index in [1.807, 2.05) is 18.7 Å². The second kappa shape index (κ2) is 7.57. The van der Waals surface area contributed by atoms with E-state index in [2.05, 4.69) is 21.8 Å². The minimum atomic E-state index is 0.0302. The molecule has 0 bridgehead atoms. The third-order valence-electron chi connectivity index (χ3n) is 4.96. The van der Waals surface area contributed by atoms with Crippen molar-refractivity contribution in [3.63, 3.8) is 0 Å². The smallest absolute Gasteiger partial charge is 0.257 e. The Morgan fingerprint density at radius 2 is 2.04 bits per heavy atom. The third kappa shape index (κ3) is 3.59. The van der Waals surface area contributed by atoms with Crippen LogP contribution in [0.2, 0.25) is 0 Å². The lowest BCUT2D eigenvalue weighted by molar-refractivity contribution is -0.0776. The molecule has 2 atom stereocenters. The fraction of sp³-hybridized carbons (Fsp3) is 0.722. The molecule has 0 radical (unpaired) electrons. The molecule has 0 aliphatic carbocycles. The number of fused-ring (bicyclic) bond motifs is 1. The fourth-order valence-corrected chi connectivity index (χ4v) is 3.63. The first-order valence-corrected chi connectivity index (χ1v) is 9.04. The van der Waals surface area contributed by atoms with Gasteiger partial charge in [0.05, 0.1) is 24.8 Å². The van der Waals surface area contributed by atoms with Gasteiger partial charge in [0.25, 0.3) is 5.91 Å². The Morgan fingerprint density at radius 1 is 1.29 bits per heavy atom. The van der Waals surface area contributed by atoms with Gasteiger partial charge in [-0.15, -0.1) is 0 Å². The summed E-state index contributed by atoms with van der Waals surface area (Å²) in [5.41, 5.74) is 0.578. The molecule has 6 nitrogen and oxygen atoms in total. The van der Waals surface area contributed by atoms with Crippen molar-refractivity contribution < 1.29 is 9.53 Å². The SMILES string of the molecule is CCC[C@H]1COC[C@H]2CN(C(=O)c3cnc(C(C)C)nc3)CCN12. The molecule has 1 aromatic rings. The van der Waals surface area contributed by atoms with Crippen molar-refractivity contribution in [1.29, 1.82) is 0 Å². The Hall–Kier alpha value is -1.53. The summed E-state index contributed by atoms with van der Waals surface area (Å²) in [7, 11) is 0. The first-order chi connectivity index (χ1) is 11.6. The predicted molar refractivity (Wildman–Crippen MR) is 92.0 cm³/mol. The molecule has 2 fully saturated rings. The van der Waals surface area contributed by atoms with Crippen molar-refractivity contribution in [3.8, 4) is 0 Å². The maximum absolute atomic E-state index is 12.7. The second-order valence-electron chi connectivity index (χ2n) is 7.11. The third-order valence-corrected chi connectivity index (χ3v) is 4.96. The maximum atomic E-state index is 12.7. The molecular weight excluding hydrogens is 304 g/mol. The number of rotatable bonds is 4. The first-order valence-electron chi connectivity index (χ1n) is 9.04. The predicted octanol–water partition coefficient (Wildman–Crippen LogP) is 1.93. The molecule has 0 spiro atoms. The molecule has 1 aromatic heterocycles. The topological polar surface area (TPSA) is 58.6 Å². The average molecular weight is 332 g/mol. The molecule has 2 aliphatic heterocycles. The lowest BCUT2D eigenvalue weighted by atomic mass is 10.0. The zero-order chi connectivity index (χ0) is 17.1. The highest BCUT2D eigenvalue weighted by molar-refractivity contribution is 5.93. The van der Waals surface area contributed by atoms with Crippen LogP contribution in [-0.4, -0.2) is 70.6 Å². The fourth-order valence-electron chi connectivity index (χ4n) is 3.63. The monoisotopic (exact) mass is 332 g/mol. The maximum Gasteiger partial charge on any atom is 0.257 e. The van der Waals surface area contributed by atoms with Crippen LogP contribution < -0.4 is 0 Å². The van der Waals surface area contributed by atoms with Crippen molar-refractivity contribution in [2.75, 3.05) is 32.8 Å². The summed E-state index contributed by atoms with van der Waals surface area (Å²) in [6.45, 7) is 10.3. The molecule has 24 heavy (non-hydrogen) atoms. The molecule has 0 N–H and O–H groups in total. The number of hydrogen-bond acceptors (Lipinski definition) is 5. The zero-order valence-electron chi connectivity index (χ0n) is 14.9. The average Bonchev–Trinajstić information content (AvgIpc) is 2.61. The molecule has 3 rings (SSSR count). The van der Waals surface area contributed by atoms with Gasteiger partial charge >= 0.3 is 0 Å². The van der Waals surface area contributed by atoms with Gasteiger partial charge in [-0.2, -0.15) is 0 Å². The van der Waals surface area contributed by atoms with E-state index in [4.69, 9.17) is 4.74 Å². The van der Waals surface area contributed by atoms with Crippen molar-refractivity contribution >= 4 is 5.91 Å². The molecule has 6 heteroatoms. The van der Waals surface area contributed by atoms with Gasteiger partial charge in [-0.25, -0.2) is 9.97 Å². The summed E-state index contributed by atoms with van der Waals surface area (Å²) < 4.78 is 5.78. The largest absolute Gasteiger partial charge is 0.378 e. The van der Waals surface area contributed by atoms with Gasteiger partial charge in [-0.05, 0) is 6.42 Å². The van der Waals surface area contributed by atoms with Gasteiger partial charge in [0.2, 0.25) is 0 Å². The molecule has 0 unspecified atom stereocenters.